The van der Waals surface area contributed by atoms with Crippen molar-refractivity contribution in [2.75, 3.05) is 6.79 Å². The predicted molar refractivity (Wildman–Crippen MR) is 90.6 cm³/mol. The molecule has 122 valence electrons. The van der Waals surface area contributed by atoms with Crippen LogP contribution >= 0.6 is 11.6 Å². The molecule has 2 heterocycles. The van der Waals surface area contributed by atoms with Gasteiger partial charge in [0.15, 0.2) is 16.9 Å². The van der Waals surface area contributed by atoms with Crippen LogP contribution in [0.3, 0.4) is 0 Å². The molecule has 6 heteroatoms. The van der Waals surface area contributed by atoms with Crippen molar-refractivity contribution < 1.29 is 13.9 Å². The van der Waals surface area contributed by atoms with Crippen LogP contribution in [0.2, 0.25) is 5.02 Å². The van der Waals surface area contributed by atoms with Crippen molar-refractivity contribution in [3.63, 3.8) is 0 Å². The third kappa shape index (κ3) is 2.84. The van der Waals surface area contributed by atoms with Crippen LogP contribution in [0.15, 0.2) is 51.9 Å². The molecule has 1 N–H and O–H groups in total. The van der Waals surface area contributed by atoms with Gasteiger partial charge >= 0.3 is 0 Å². The van der Waals surface area contributed by atoms with Gasteiger partial charge in [0, 0.05) is 23.7 Å². The molecule has 0 spiro atoms. The van der Waals surface area contributed by atoms with E-state index in [9.17, 15) is 4.79 Å². The second-order valence-corrected chi connectivity index (χ2v) is 5.96. The topological polar surface area (TPSA) is 60.7 Å². The van der Waals surface area contributed by atoms with E-state index in [4.69, 9.17) is 25.5 Å². The molecule has 0 fully saturated rings. The van der Waals surface area contributed by atoms with Crippen molar-refractivity contribution in [2.45, 2.75) is 13.1 Å². The summed E-state index contributed by atoms with van der Waals surface area (Å²) in [6.45, 7) is 1.26. The lowest BCUT2D eigenvalue weighted by molar-refractivity contribution is 0.174. The Morgan fingerprint density at radius 2 is 1.92 bits per heavy atom. The number of hydrogen-bond donors (Lipinski definition) is 1. The molecule has 0 unspecified atom stereocenters. The molecule has 5 nitrogen and oxygen atoms in total. The Labute approximate surface area is 142 Å². The summed E-state index contributed by atoms with van der Waals surface area (Å²) in [4.78, 5) is 12.5. The van der Waals surface area contributed by atoms with E-state index in [1.807, 2.05) is 18.2 Å². The highest BCUT2D eigenvalue weighted by Gasteiger charge is 2.13. The normalized spacial score (nSPS) is 12.7. The van der Waals surface area contributed by atoms with Crippen LogP contribution < -0.4 is 20.2 Å². The van der Waals surface area contributed by atoms with Gasteiger partial charge in [-0.1, -0.05) is 17.7 Å². The average Bonchev–Trinajstić information content (AvgIpc) is 3.05. The summed E-state index contributed by atoms with van der Waals surface area (Å²) in [7, 11) is 0. The smallest absolute Gasteiger partial charge is 0.231 e. The molecule has 4 rings (SSSR count). The van der Waals surface area contributed by atoms with Crippen molar-refractivity contribution in [1.29, 1.82) is 0 Å². The van der Waals surface area contributed by atoms with Crippen molar-refractivity contribution >= 4 is 22.6 Å². The summed E-state index contributed by atoms with van der Waals surface area (Å²) in [5.74, 6) is 1.50. The van der Waals surface area contributed by atoms with E-state index in [1.165, 1.54) is 6.26 Å². The maximum Gasteiger partial charge on any atom is 0.231 e. The zero-order valence-electron chi connectivity index (χ0n) is 12.7. The summed E-state index contributed by atoms with van der Waals surface area (Å²) in [6.07, 6.45) is 1.49. The van der Waals surface area contributed by atoms with Gasteiger partial charge in [-0.2, -0.15) is 0 Å². The highest BCUT2D eigenvalue weighted by molar-refractivity contribution is 6.31. The number of nitrogens with one attached hydrogen (secondary N) is 1. The minimum Gasteiger partial charge on any atom is -0.464 e. The molecule has 2 aromatic carbocycles. The lowest BCUT2D eigenvalue weighted by Crippen LogP contribution is -2.19. The fraction of sp³-hybridized carbons (Fsp3) is 0.167. The summed E-state index contributed by atoms with van der Waals surface area (Å²) < 4.78 is 16.1. The highest BCUT2D eigenvalue weighted by atomic mass is 35.5. The fourth-order valence-electron chi connectivity index (χ4n) is 2.66. The van der Waals surface area contributed by atoms with Crippen molar-refractivity contribution in [1.82, 2.24) is 5.32 Å². The minimum atomic E-state index is -0.0723. The van der Waals surface area contributed by atoms with E-state index in [2.05, 4.69) is 5.32 Å². The molecule has 0 atom stereocenters. The van der Waals surface area contributed by atoms with Crippen LogP contribution in [0.5, 0.6) is 11.5 Å². The first kappa shape index (κ1) is 15.1. The van der Waals surface area contributed by atoms with Crippen molar-refractivity contribution in [3.05, 3.63) is 69.0 Å². The molecule has 24 heavy (non-hydrogen) atoms. The van der Waals surface area contributed by atoms with Gasteiger partial charge in [0.05, 0.1) is 11.6 Å². The van der Waals surface area contributed by atoms with Gasteiger partial charge in [0.25, 0.3) is 0 Å². The Hall–Kier alpha value is -2.50. The van der Waals surface area contributed by atoms with Crippen LogP contribution in [-0.4, -0.2) is 6.79 Å². The molecular weight excluding hydrogens is 330 g/mol. The maximum atomic E-state index is 12.5. The van der Waals surface area contributed by atoms with E-state index in [0.717, 1.165) is 17.1 Å². The second kappa shape index (κ2) is 6.19. The molecule has 0 bridgehead atoms. The SMILES string of the molecule is O=c1c(CNCc2ccc3c(c2)OCO3)coc2ccc(Cl)cc12. The Kier molecular flexibility index (Phi) is 3.88. The first-order valence-electron chi connectivity index (χ1n) is 7.50. The zero-order chi connectivity index (χ0) is 16.5. The van der Waals surface area contributed by atoms with Gasteiger partial charge in [0.1, 0.15) is 5.58 Å². The Balaban J connectivity index is 1.49. The molecule has 3 aromatic rings. The van der Waals surface area contributed by atoms with Gasteiger partial charge in [-0.05, 0) is 35.9 Å². The Morgan fingerprint density at radius 3 is 2.83 bits per heavy atom. The standard InChI is InChI=1S/C18H14ClNO4/c19-13-2-4-15-14(6-13)18(21)12(9-22-15)8-20-7-11-1-3-16-17(5-11)24-10-23-16/h1-6,9,20H,7-8,10H2. The van der Waals surface area contributed by atoms with E-state index in [-0.39, 0.29) is 12.2 Å². The molecule has 0 radical (unpaired) electrons. The average molecular weight is 344 g/mol. The number of halogens is 1. The molecule has 0 aliphatic carbocycles. The van der Waals surface area contributed by atoms with Crippen LogP contribution in [0.4, 0.5) is 0 Å². The lowest BCUT2D eigenvalue weighted by atomic mass is 10.1. The molecule has 1 aliphatic heterocycles. The number of hydrogen-bond acceptors (Lipinski definition) is 5. The third-order valence-corrected chi connectivity index (χ3v) is 4.12. The van der Waals surface area contributed by atoms with Gasteiger partial charge in [-0.3, -0.25) is 4.79 Å². The summed E-state index contributed by atoms with van der Waals surface area (Å²) in [5.41, 5.74) is 2.07. The number of benzene rings is 2. The van der Waals surface area contributed by atoms with E-state index in [1.54, 1.807) is 18.2 Å². The quantitative estimate of drug-likeness (QED) is 0.786. The van der Waals surface area contributed by atoms with Crippen LogP contribution in [-0.2, 0) is 13.1 Å². The van der Waals surface area contributed by atoms with Gasteiger partial charge in [-0.25, -0.2) is 0 Å². The van der Waals surface area contributed by atoms with Crippen molar-refractivity contribution in [3.8, 4) is 11.5 Å². The van der Waals surface area contributed by atoms with E-state index < -0.39 is 0 Å². The zero-order valence-corrected chi connectivity index (χ0v) is 13.4. The molecular formula is C18H14ClNO4. The summed E-state index contributed by atoms with van der Waals surface area (Å²) in [5, 5.41) is 4.24. The molecule has 0 saturated carbocycles. The van der Waals surface area contributed by atoms with E-state index in [0.29, 0.717) is 34.6 Å². The van der Waals surface area contributed by atoms with Crippen molar-refractivity contribution in [2.24, 2.45) is 0 Å². The van der Waals surface area contributed by atoms with Gasteiger partial charge < -0.3 is 19.2 Å². The Bertz CT molecular complexity index is 967. The molecule has 0 amide bonds. The van der Waals surface area contributed by atoms with Gasteiger partial charge in [-0.15, -0.1) is 0 Å². The predicted octanol–water partition coefficient (Wildman–Crippen LogP) is 3.46. The molecule has 1 aromatic heterocycles. The van der Waals surface area contributed by atoms with Crippen LogP contribution in [0, 0.1) is 0 Å². The number of ether oxygens (including phenoxy) is 2. The van der Waals surface area contributed by atoms with E-state index >= 15 is 0 Å². The molecule has 1 aliphatic rings. The monoisotopic (exact) mass is 343 g/mol. The number of fused-ring (bicyclic) bond motifs is 2. The van der Waals surface area contributed by atoms with Crippen LogP contribution in [0.1, 0.15) is 11.1 Å². The summed E-state index contributed by atoms with van der Waals surface area (Å²) >= 11 is 5.96. The van der Waals surface area contributed by atoms with Gasteiger partial charge in [0.2, 0.25) is 6.79 Å². The number of rotatable bonds is 4. The molecule has 0 saturated heterocycles. The van der Waals surface area contributed by atoms with Crippen LogP contribution in [0.25, 0.3) is 11.0 Å². The largest absolute Gasteiger partial charge is 0.464 e. The lowest BCUT2D eigenvalue weighted by Gasteiger charge is -2.06. The fourth-order valence-corrected chi connectivity index (χ4v) is 2.83. The first-order chi connectivity index (χ1) is 11.7. The first-order valence-corrected chi connectivity index (χ1v) is 7.88. The third-order valence-electron chi connectivity index (χ3n) is 3.89. The minimum absolute atomic E-state index is 0.0723. The Morgan fingerprint density at radius 1 is 1.04 bits per heavy atom. The summed E-state index contributed by atoms with van der Waals surface area (Å²) in [6, 6.07) is 10.8. The second-order valence-electron chi connectivity index (χ2n) is 5.52. The highest BCUT2D eigenvalue weighted by Crippen LogP contribution is 2.32. The maximum absolute atomic E-state index is 12.5.